The predicted octanol–water partition coefficient (Wildman–Crippen LogP) is 3.36. The molecule has 28 heavy (non-hydrogen) atoms. The van der Waals surface area contributed by atoms with Crippen molar-refractivity contribution >= 4 is 17.9 Å². The third kappa shape index (κ3) is 3.96. The van der Waals surface area contributed by atoms with Crippen LogP contribution in [-0.4, -0.2) is 25.0 Å². The molecule has 2 amide bonds. The van der Waals surface area contributed by atoms with Crippen molar-refractivity contribution in [3.05, 3.63) is 59.7 Å². The monoisotopic (exact) mass is 380 g/mol. The summed E-state index contributed by atoms with van der Waals surface area (Å²) >= 11 is 0. The first-order valence-corrected chi connectivity index (χ1v) is 9.64. The van der Waals surface area contributed by atoms with Crippen LogP contribution in [0.15, 0.2) is 52.8 Å². The molecule has 6 nitrogen and oxygen atoms in total. The van der Waals surface area contributed by atoms with Gasteiger partial charge in [0.25, 0.3) is 11.8 Å². The Morgan fingerprint density at radius 2 is 1.96 bits per heavy atom. The standard InChI is InChI=1S/C22H24N2O4/c1-27-17-8-6-15(7-9-17)21(25)24-20(13-18-3-2-10-28-18)22(26)23-19-12-14-4-5-16(19)11-14/h2-3,6-10,13-14,16,19H,4-5,11-12H2,1H3,(H,23,26)(H,24,25)/b20-13-/t14-,16-,19+/m0/s1. The van der Waals surface area contributed by atoms with Crippen molar-refractivity contribution in [3.8, 4) is 5.75 Å². The fraction of sp³-hybridized carbons (Fsp3) is 0.364. The Hall–Kier alpha value is -3.02. The van der Waals surface area contributed by atoms with Gasteiger partial charge in [-0.3, -0.25) is 9.59 Å². The Labute approximate surface area is 163 Å². The number of methoxy groups -OCH3 is 1. The molecule has 2 aliphatic rings. The average Bonchev–Trinajstić information content (AvgIpc) is 3.46. The van der Waals surface area contributed by atoms with Gasteiger partial charge in [-0.15, -0.1) is 0 Å². The fourth-order valence-electron chi connectivity index (χ4n) is 4.28. The van der Waals surface area contributed by atoms with Crippen molar-refractivity contribution in [1.82, 2.24) is 10.6 Å². The van der Waals surface area contributed by atoms with Crippen LogP contribution in [0.3, 0.4) is 0 Å². The maximum Gasteiger partial charge on any atom is 0.268 e. The molecule has 2 aliphatic carbocycles. The second kappa shape index (κ2) is 7.92. The molecule has 2 aromatic rings. The second-order valence-corrected chi connectivity index (χ2v) is 7.51. The van der Waals surface area contributed by atoms with Crippen LogP contribution in [0.1, 0.15) is 41.8 Å². The highest BCUT2D eigenvalue weighted by molar-refractivity contribution is 6.05. The van der Waals surface area contributed by atoms with Crippen LogP contribution in [0.25, 0.3) is 6.08 Å². The van der Waals surface area contributed by atoms with Crippen LogP contribution in [0, 0.1) is 11.8 Å². The third-order valence-electron chi connectivity index (χ3n) is 5.73. The first-order valence-electron chi connectivity index (χ1n) is 9.64. The van der Waals surface area contributed by atoms with Crippen molar-refractivity contribution in [3.63, 3.8) is 0 Å². The molecule has 1 heterocycles. The lowest BCUT2D eigenvalue weighted by Gasteiger charge is -2.23. The summed E-state index contributed by atoms with van der Waals surface area (Å²) in [5, 5.41) is 5.85. The Morgan fingerprint density at radius 3 is 2.57 bits per heavy atom. The molecule has 0 aliphatic heterocycles. The summed E-state index contributed by atoms with van der Waals surface area (Å²) in [6.07, 6.45) is 7.75. The van der Waals surface area contributed by atoms with E-state index in [0.29, 0.717) is 23.0 Å². The quantitative estimate of drug-likeness (QED) is 0.753. The highest BCUT2D eigenvalue weighted by Gasteiger charge is 2.40. The lowest BCUT2D eigenvalue weighted by molar-refractivity contribution is -0.118. The van der Waals surface area contributed by atoms with Crippen molar-refractivity contribution in [2.45, 2.75) is 31.7 Å². The topological polar surface area (TPSA) is 80.6 Å². The van der Waals surface area contributed by atoms with Gasteiger partial charge in [0, 0.05) is 17.7 Å². The molecule has 2 fully saturated rings. The molecule has 2 N–H and O–H groups in total. The summed E-state index contributed by atoms with van der Waals surface area (Å²) in [6.45, 7) is 0. The van der Waals surface area contributed by atoms with Gasteiger partial charge in [-0.2, -0.15) is 0 Å². The van der Waals surface area contributed by atoms with Crippen LogP contribution in [0.2, 0.25) is 0 Å². The molecule has 0 radical (unpaired) electrons. The number of carbonyl (C=O) groups excluding carboxylic acids is 2. The van der Waals surface area contributed by atoms with Crippen molar-refractivity contribution in [1.29, 1.82) is 0 Å². The number of furan rings is 1. The molecule has 146 valence electrons. The van der Waals surface area contributed by atoms with Crippen LogP contribution in [0.5, 0.6) is 5.75 Å². The van der Waals surface area contributed by atoms with E-state index in [9.17, 15) is 9.59 Å². The van der Waals surface area contributed by atoms with Crippen LogP contribution < -0.4 is 15.4 Å². The number of amides is 2. The Morgan fingerprint density at radius 1 is 1.14 bits per heavy atom. The molecule has 0 spiro atoms. The molecule has 6 heteroatoms. The lowest BCUT2D eigenvalue weighted by Crippen LogP contribution is -2.42. The smallest absolute Gasteiger partial charge is 0.268 e. The molecule has 2 bridgehead atoms. The third-order valence-corrected chi connectivity index (χ3v) is 5.73. The number of carbonyl (C=O) groups is 2. The Bertz CT molecular complexity index is 870. The minimum atomic E-state index is -0.358. The summed E-state index contributed by atoms with van der Waals surface area (Å²) in [4.78, 5) is 25.6. The molecule has 2 saturated carbocycles. The second-order valence-electron chi connectivity index (χ2n) is 7.51. The van der Waals surface area contributed by atoms with E-state index in [1.165, 1.54) is 25.5 Å². The van der Waals surface area contributed by atoms with E-state index in [1.54, 1.807) is 49.6 Å². The van der Waals surface area contributed by atoms with E-state index in [0.717, 1.165) is 12.3 Å². The molecule has 1 aromatic heterocycles. The van der Waals surface area contributed by atoms with Gasteiger partial charge in [0.1, 0.15) is 17.2 Å². The summed E-state index contributed by atoms with van der Waals surface area (Å²) in [7, 11) is 1.57. The average molecular weight is 380 g/mol. The number of ether oxygens (including phenoxy) is 1. The minimum Gasteiger partial charge on any atom is -0.497 e. The van der Waals surface area contributed by atoms with Crippen LogP contribution in [0.4, 0.5) is 0 Å². The van der Waals surface area contributed by atoms with E-state index in [2.05, 4.69) is 10.6 Å². The van der Waals surface area contributed by atoms with Gasteiger partial charge < -0.3 is 19.8 Å². The first-order chi connectivity index (χ1) is 13.6. The van der Waals surface area contributed by atoms with Gasteiger partial charge in [0.15, 0.2) is 0 Å². The summed E-state index contributed by atoms with van der Waals surface area (Å²) < 4.78 is 10.4. The van der Waals surface area contributed by atoms with E-state index in [1.807, 2.05) is 0 Å². The zero-order valence-electron chi connectivity index (χ0n) is 15.8. The van der Waals surface area contributed by atoms with E-state index in [-0.39, 0.29) is 23.6 Å². The van der Waals surface area contributed by atoms with E-state index in [4.69, 9.17) is 9.15 Å². The van der Waals surface area contributed by atoms with Crippen molar-refractivity contribution in [2.24, 2.45) is 11.8 Å². The molecule has 0 saturated heterocycles. The van der Waals surface area contributed by atoms with Crippen LogP contribution >= 0.6 is 0 Å². The molecular weight excluding hydrogens is 356 g/mol. The number of hydrogen-bond donors (Lipinski definition) is 2. The highest BCUT2D eigenvalue weighted by Crippen LogP contribution is 2.44. The zero-order chi connectivity index (χ0) is 19.5. The normalized spacial score (nSPS) is 23.5. The SMILES string of the molecule is COc1ccc(C(=O)N/C(=C\c2ccco2)C(=O)N[C@@H]2C[C@H]3CC[C@H]2C3)cc1. The summed E-state index contributed by atoms with van der Waals surface area (Å²) in [5.74, 6) is 1.81. The number of hydrogen-bond acceptors (Lipinski definition) is 4. The van der Waals surface area contributed by atoms with E-state index < -0.39 is 0 Å². The van der Waals surface area contributed by atoms with Gasteiger partial charge in [-0.05, 0) is 67.5 Å². The minimum absolute atomic E-state index is 0.179. The molecule has 1 aromatic carbocycles. The first kappa shape index (κ1) is 18.3. The maximum atomic E-state index is 12.9. The van der Waals surface area contributed by atoms with Gasteiger partial charge in [-0.25, -0.2) is 0 Å². The zero-order valence-corrected chi connectivity index (χ0v) is 15.8. The van der Waals surface area contributed by atoms with Crippen molar-refractivity contribution < 1.29 is 18.7 Å². The fourth-order valence-corrected chi connectivity index (χ4v) is 4.28. The lowest BCUT2D eigenvalue weighted by atomic mass is 9.95. The molecule has 4 rings (SSSR count). The van der Waals surface area contributed by atoms with E-state index >= 15 is 0 Å². The predicted molar refractivity (Wildman–Crippen MR) is 105 cm³/mol. The number of nitrogens with one attached hydrogen (secondary N) is 2. The Kier molecular flexibility index (Phi) is 5.19. The largest absolute Gasteiger partial charge is 0.497 e. The molecular formula is C22H24N2O4. The number of fused-ring (bicyclic) bond motifs is 2. The molecule has 0 unspecified atom stereocenters. The van der Waals surface area contributed by atoms with Crippen LogP contribution in [-0.2, 0) is 4.79 Å². The van der Waals surface area contributed by atoms with Gasteiger partial charge in [-0.1, -0.05) is 6.42 Å². The highest BCUT2D eigenvalue weighted by atomic mass is 16.5. The van der Waals surface area contributed by atoms with Gasteiger partial charge >= 0.3 is 0 Å². The number of benzene rings is 1. The number of rotatable bonds is 6. The molecule has 3 atom stereocenters. The Balaban J connectivity index is 1.50. The van der Waals surface area contributed by atoms with Crippen molar-refractivity contribution in [2.75, 3.05) is 7.11 Å². The van der Waals surface area contributed by atoms with Gasteiger partial charge in [0.2, 0.25) is 0 Å². The maximum absolute atomic E-state index is 12.9. The summed E-state index contributed by atoms with van der Waals surface area (Å²) in [5.41, 5.74) is 0.623. The van der Waals surface area contributed by atoms with Gasteiger partial charge in [0.05, 0.1) is 13.4 Å². The summed E-state index contributed by atoms with van der Waals surface area (Å²) in [6, 6.07) is 10.4.